The Bertz CT molecular complexity index is 243. The van der Waals surface area contributed by atoms with Crippen LogP contribution in [0, 0.1) is 5.92 Å². The van der Waals surface area contributed by atoms with Crippen LogP contribution in [0.1, 0.15) is 51.9 Å². The molecule has 3 heteroatoms. The summed E-state index contributed by atoms with van der Waals surface area (Å²) in [4.78, 5) is 13.9. The van der Waals surface area contributed by atoms with E-state index in [1.807, 2.05) is 4.90 Å². The minimum Gasteiger partial charge on any atom is -0.342 e. The van der Waals surface area contributed by atoms with Crippen molar-refractivity contribution in [2.75, 3.05) is 19.6 Å². The summed E-state index contributed by atoms with van der Waals surface area (Å²) in [5.74, 6) is 1.08. The van der Waals surface area contributed by atoms with E-state index < -0.39 is 0 Å². The summed E-state index contributed by atoms with van der Waals surface area (Å²) in [6, 6.07) is 0.502. The standard InChI is InChI=1S/C14H26N2O/c1-12(13-7-3-2-4-8-13)15-11-14(17)16-9-5-6-10-16/h12-13,15H,2-11H2,1H3. The molecule has 0 aromatic heterocycles. The van der Waals surface area contributed by atoms with Crippen molar-refractivity contribution in [2.24, 2.45) is 5.92 Å². The van der Waals surface area contributed by atoms with Crippen molar-refractivity contribution in [3.05, 3.63) is 0 Å². The number of nitrogens with zero attached hydrogens (tertiary/aromatic N) is 1. The van der Waals surface area contributed by atoms with Gasteiger partial charge in [0, 0.05) is 19.1 Å². The highest BCUT2D eigenvalue weighted by Gasteiger charge is 2.22. The van der Waals surface area contributed by atoms with Crippen LogP contribution in [0.5, 0.6) is 0 Å². The van der Waals surface area contributed by atoms with Crippen LogP contribution in [0.2, 0.25) is 0 Å². The van der Waals surface area contributed by atoms with Crippen molar-refractivity contribution in [2.45, 2.75) is 57.9 Å². The van der Waals surface area contributed by atoms with Gasteiger partial charge in [0.2, 0.25) is 5.91 Å². The summed E-state index contributed by atoms with van der Waals surface area (Å²) in [5.41, 5.74) is 0. The molecule has 2 rings (SSSR count). The minimum absolute atomic E-state index is 0.296. The summed E-state index contributed by atoms with van der Waals surface area (Å²) in [7, 11) is 0. The maximum Gasteiger partial charge on any atom is 0.236 e. The quantitative estimate of drug-likeness (QED) is 0.814. The summed E-state index contributed by atoms with van der Waals surface area (Å²) in [6.07, 6.45) is 9.19. The first kappa shape index (κ1) is 12.9. The molecule has 0 aromatic rings. The van der Waals surface area contributed by atoms with Crippen LogP contribution in [-0.2, 0) is 4.79 Å². The zero-order valence-electron chi connectivity index (χ0n) is 11.1. The first-order valence-electron chi connectivity index (χ1n) is 7.28. The Hall–Kier alpha value is -0.570. The first-order valence-corrected chi connectivity index (χ1v) is 7.28. The van der Waals surface area contributed by atoms with Crippen LogP contribution in [0.4, 0.5) is 0 Å². The van der Waals surface area contributed by atoms with E-state index in [0.717, 1.165) is 19.0 Å². The Morgan fingerprint density at radius 1 is 1.18 bits per heavy atom. The van der Waals surface area contributed by atoms with Crippen molar-refractivity contribution in [3.8, 4) is 0 Å². The fourth-order valence-corrected chi connectivity index (χ4v) is 3.13. The number of rotatable bonds is 4. The molecule has 1 atom stereocenters. The number of carbonyl (C=O) groups is 1. The van der Waals surface area contributed by atoms with Gasteiger partial charge in [-0.2, -0.15) is 0 Å². The lowest BCUT2D eigenvalue weighted by Gasteiger charge is -2.28. The van der Waals surface area contributed by atoms with Crippen LogP contribution in [0.3, 0.4) is 0 Å². The molecule has 0 aromatic carbocycles. The highest BCUT2D eigenvalue weighted by atomic mass is 16.2. The molecule has 2 aliphatic rings. The predicted molar refractivity (Wildman–Crippen MR) is 69.9 cm³/mol. The van der Waals surface area contributed by atoms with E-state index >= 15 is 0 Å². The summed E-state index contributed by atoms with van der Waals surface area (Å²) in [6.45, 7) is 4.72. The van der Waals surface area contributed by atoms with E-state index in [1.165, 1.54) is 44.9 Å². The topological polar surface area (TPSA) is 32.3 Å². The van der Waals surface area contributed by atoms with Crippen LogP contribution in [-0.4, -0.2) is 36.5 Å². The molecular weight excluding hydrogens is 212 g/mol. The van der Waals surface area contributed by atoms with Crippen molar-refractivity contribution < 1.29 is 4.79 Å². The third-order valence-corrected chi connectivity index (χ3v) is 4.39. The lowest BCUT2D eigenvalue weighted by molar-refractivity contribution is -0.129. The molecule has 1 amide bonds. The van der Waals surface area contributed by atoms with Crippen molar-refractivity contribution in [1.82, 2.24) is 10.2 Å². The summed E-state index contributed by atoms with van der Waals surface area (Å²) >= 11 is 0. The van der Waals surface area contributed by atoms with Crippen LogP contribution in [0.15, 0.2) is 0 Å². The third-order valence-electron chi connectivity index (χ3n) is 4.39. The molecule has 0 bridgehead atoms. The van der Waals surface area contributed by atoms with Gasteiger partial charge >= 0.3 is 0 Å². The van der Waals surface area contributed by atoms with Gasteiger partial charge in [-0.1, -0.05) is 19.3 Å². The molecule has 2 fully saturated rings. The van der Waals surface area contributed by atoms with Crippen molar-refractivity contribution in [1.29, 1.82) is 0 Å². The maximum atomic E-state index is 11.9. The molecule has 17 heavy (non-hydrogen) atoms. The SMILES string of the molecule is CC(NCC(=O)N1CCCC1)C1CCCCC1. The summed E-state index contributed by atoms with van der Waals surface area (Å²) < 4.78 is 0. The van der Waals surface area contributed by atoms with Crippen LogP contribution in [0.25, 0.3) is 0 Å². The second-order valence-electron chi connectivity index (χ2n) is 5.66. The average molecular weight is 238 g/mol. The molecule has 0 spiro atoms. The normalized spacial score (nSPS) is 23.9. The predicted octanol–water partition coefficient (Wildman–Crippen LogP) is 2.17. The van der Waals surface area contributed by atoms with Gasteiger partial charge in [-0.05, 0) is 38.5 Å². The average Bonchev–Trinajstić information content (AvgIpc) is 2.90. The summed E-state index contributed by atoms with van der Waals surface area (Å²) in [5, 5.41) is 3.44. The molecule has 98 valence electrons. The molecular formula is C14H26N2O. The lowest BCUT2D eigenvalue weighted by Crippen LogP contribution is -2.42. The van der Waals surface area contributed by atoms with E-state index in [1.54, 1.807) is 0 Å². The van der Waals surface area contributed by atoms with Crippen molar-refractivity contribution in [3.63, 3.8) is 0 Å². The number of amides is 1. The van der Waals surface area contributed by atoms with Gasteiger partial charge < -0.3 is 10.2 Å². The van der Waals surface area contributed by atoms with Gasteiger partial charge in [0.05, 0.1) is 6.54 Å². The highest BCUT2D eigenvalue weighted by Crippen LogP contribution is 2.26. The Kier molecular flexibility index (Phi) is 4.84. The molecule has 1 unspecified atom stereocenters. The van der Waals surface area contributed by atoms with E-state index in [4.69, 9.17) is 0 Å². The second-order valence-corrected chi connectivity index (χ2v) is 5.66. The van der Waals surface area contributed by atoms with Gasteiger partial charge in [-0.25, -0.2) is 0 Å². The molecule has 1 N–H and O–H groups in total. The molecule has 1 saturated heterocycles. The monoisotopic (exact) mass is 238 g/mol. The number of nitrogens with one attached hydrogen (secondary N) is 1. The second kappa shape index (κ2) is 6.39. The Balaban J connectivity index is 1.67. The van der Waals surface area contributed by atoms with Gasteiger partial charge in [0.1, 0.15) is 0 Å². The minimum atomic E-state index is 0.296. The number of hydrogen-bond acceptors (Lipinski definition) is 2. The van der Waals surface area contributed by atoms with Crippen LogP contribution >= 0.6 is 0 Å². The van der Waals surface area contributed by atoms with E-state index in [9.17, 15) is 4.79 Å². The van der Waals surface area contributed by atoms with Crippen LogP contribution < -0.4 is 5.32 Å². The highest BCUT2D eigenvalue weighted by molar-refractivity contribution is 5.78. The van der Waals surface area contributed by atoms with E-state index in [2.05, 4.69) is 12.2 Å². The van der Waals surface area contributed by atoms with Gasteiger partial charge in [-0.3, -0.25) is 4.79 Å². The van der Waals surface area contributed by atoms with Crippen molar-refractivity contribution >= 4 is 5.91 Å². The van der Waals surface area contributed by atoms with Gasteiger partial charge in [0.15, 0.2) is 0 Å². The van der Waals surface area contributed by atoms with E-state index in [-0.39, 0.29) is 0 Å². The third kappa shape index (κ3) is 3.70. The zero-order valence-corrected chi connectivity index (χ0v) is 11.1. The zero-order chi connectivity index (χ0) is 12.1. The largest absolute Gasteiger partial charge is 0.342 e. The lowest BCUT2D eigenvalue weighted by atomic mass is 9.84. The van der Waals surface area contributed by atoms with Gasteiger partial charge in [-0.15, -0.1) is 0 Å². The fraction of sp³-hybridized carbons (Fsp3) is 0.929. The molecule has 1 aliphatic carbocycles. The molecule has 1 heterocycles. The maximum absolute atomic E-state index is 11.9. The van der Waals surface area contributed by atoms with Gasteiger partial charge in [0.25, 0.3) is 0 Å². The Morgan fingerprint density at radius 3 is 2.47 bits per heavy atom. The smallest absolute Gasteiger partial charge is 0.236 e. The number of carbonyl (C=O) groups excluding carboxylic acids is 1. The fourth-order valence-electron chi connectivity index (χ4n) is 3.13. The molecule has 1 aliphatic heterocycles. The van der Waals surface area contributed by atoms with E-state index in [0.29, 0.717) is 18.5 Å². The molecule has 0 radical (unpaired) electrons. The first-order chi connectivity index (χ1) is 8.27. The number of hydrogen-bond donors (Lipinski definition) is 1. The Labute approximate surface area is 105 Å². The molecule has 1 saturated carbocycles. The molecule has 3 nitrogen and oxygen atoms in total. The Morgan fingerprint density at radius 2 is 1.82 bits per heavy atom. The number of likely N-dealkylation sites (tertiary alicyclic amines) is 1.